The quantitative estimate of drug-likeness (QED) is 0.846. The molecule has 1 fully saturated rings. The number of methoxy groups -OCH3 is 1. The summed E-state index contributed by atoms with van der Waals surface area (Å²) in [6.45, 7) is 2.00. The number of halogens is 1. The van der Waals surface area contributed by atoms with Gasteiger partial charge in [0.15, 0.2) is 11.5 Å². The van der Waals surface area contributed by atoms with Gasteiger partial charge in [0.25, 0.3) is 0 Å². The minimum atomic E-state index is -0.304. The van der Waals surface area contributed by atoms with Crippen LogP contribution in [0.2, 0.25) is 5.02 Å². The number of pyridine rings is 1. The lowest BCUT2D eigenvalue weighted by Crippen LogP contribution is -2.21. The number of ether oxygens (including phenoxy) is 2. The number of Topliss-reactive ketones (excluding diaryl/α,β-unsaturated/α-hetero) is 1. The molecule has 0 atom stereocenters. The standard InChI is InChI=1S/C16H16ClNO3/c1-10(19)16(4-5-16)9-21-15-8-13-11(7-14(15)20-2)12(17)3-6-18-13/h3,6-8H,4-5,9H2,1-2H3. The monoisotopic (exact) mass is 305 g/mol. The predicted molar refractivity (Wildman–Crippen MR) is 81.1 cm³/mol. The van der Waals surface area contributed by atoms with E-state index in [9.17, 15) is 4.79 Å². The van der Waals surface area contributed by atoms with Gasteiger partial charge in [-0.25, -0.2) is 0 Å². The Morgan fingerprint density at radius 2 is 2.14 bits per heavy atom. The number of hydrogen-bond donors (Lipinski definition) is 0. The van der Waals surface area contributed by atoms with Crippen LogP contribution in [0.5, 0.6) is 11.5 Å². The summed E-state index contributed by atoms with van der Waals surface area (Å²) >= 11 is 6.16. The zero-order valence-corrected chi connectivity index (χ0v) is 12.7. The Bertz CT molecular complexity index is 710. The lowest BCUT2D eigenvalue weighted by molar-refractivity contribution is -0.123. The van der Waals surface area contributed by atoms with Gasteiger partial charge in [-0.1, -0.05) is 11.6 Å². The molecule has 110 valence electrons. The van der Waals surface area contributed by atoms with Crippen LogP contribution in [0.4, 0.5) is 0 Å². The molecule has 0 unspecified atom stereocenters. The van der Waals surface area contributed by atoms with E-state index in [2.05, 4.69) is 4.98 Å². The number of benzene rings is 1. The van der Waals surface area contributed by atoms with Crippen molar-refractivity contribution in [1.82, 2.24) is 4.98 Å². The molecule has 1 aliphatic carbocycles. The zero-order valence-electron chi connectivity index (χ0n) is 12.0. The van der Waals surface area contributed by atoms with Gasteiger partial charge in [0.2, 0.25) is 0 Å². The summed E-state index contributed by atoms with van der Waals surface area (Å²) < 4.78 is 11.2. The van der Waals surface area contributed by atoms with Crippen molar-refractivity contribution >= 4 is 28.3 Å². The maximum atomic E-state index is 11.6. The van der Waals surface area contributed by atoms with Crippen LogP contribution in [0.1, 0.15) is 19.8 Å². The van der Waals surface area contributed by atoms with E-state index >= 15 is 0 Å². The van der Waals surface area contributed by atoms with E-state index in [0.717, 1.165) is 23.7 Å². The average molecular weight is 306 g/mol. The molecule has 0 amide bonds. The number of fused-ring (bicyclic) bond motifs is 1. The average Bonchev–Trinajstić information content (AvgIpc) is 3.26. The number of nitrogens with zero attached hydrogens (tertiary/aromatic N) is 1. The third-order valence-electron chi connectivity index (χ3n) is 4.08. The molecule has 0 N–H and O–H groups in total. The van der Waals surface area contributed by atoms with Gasteiger partial charge in [-0.05, 0) is 31.9 Å². The molecule has 0 radical (unpaired) electrons. The maximum Gasteiger partial charge on any atom is 0.163 e. The van der Waals surface area contributed by atoms with Crippen molar-refractivity contribution in [2.45, 2.75) is 19.8 Å². The lowest BCUT2D eigenvalue weighted by atomic mass is 10.0. The van der Waals surface area contributed by atoms with Crippen LogP contribution in [0, 0.1) is 5.41 Å². The van der Waals surface area contributed by atoms with E-state index in [1.807, 2.05) is 6.07 Å². The van der Waals surface area contributed by atoms with Gasteiger partial charge in [0.1, 0.15) is 12.4 Å². The Labute approximate surface area is 128 Å². The summed E-state index contributed by atoms with van der Waals surface area (Å²) in [5, 5.41) is 1.43. The molecule has 1 aliphatic rings. The first-order chi connectivity index (χ1) is 10.1. The summed E-state index contributed by atoms with van der Waals surface area (Å²) in [5.74, 6) is 1.37. The highest BCUT2D eigenvalue weighted by atomic mass is 35.5. The minimum absolute atomic E-state index is 0.184. The van der Waals surface area contributed by atoms with Crippen molar-refractivity contribution < 1.29 is 14.3 Å². The molecule has 0 spiro atoms. The van der Waals surface area contributed by atoms with Gasteiger partial charge in [0.05, 0.1) is 23.1 Å². The molecule has 0 bridgehead atoms. The number of aromatic nitrogens is 1. The highest BCUT2D eigenvalue weighted by Crippen LogP contribution is 2.47. The fourth-order valence-corrected chi connectivity index (χ4v) is 2.56. The number of carbonyl (C=O) groups is 1. The van der Waals surface area contributed by atoms with E-state index in [-0.39, 0.29) is 11.2 Å². The van der Waals surface area contributed by atoms with Crippen molar-refractivity contribution in [3.05, 3.63) is 29.4 Å². The summed E-state index contributed by atoms with van der Waals surface area (Å²) in [5.41, 5.74) is 0.438. The van der Waals surface area contributed by atoms with E-state index in [4.69, 9.17) is 21.1 Å². The molecule has 1 heterocycles. The molecule has 2 aromatic rings. The first kappa shape index (κ1) is 14.1. The predicted octanol–water partition coefficient (Wildman–Crippen LogP) is 3.64. The summed E-state index contributed by atoms with van der Waals surface area (Å²) in [7, 11) is 1.58. The maximum absolute atomic E-state index is 11.6. The van der Waals surface area contributed by atoms with Gasteiger partial charge < -0.3 is 9.47 Å². The third kappa shape index (κ3) is 2.56. The number of ketones is 1. The normalized spacial score (nSPS) is 15.8. The Hall–Kier alpha value is -1.81. The molecule has 4 nitrogen and oxygen atoms in total. The van der Waals surface area contributed by atoms with Crippen LogP contribution >= 0.6 is 11.6 Å². The van der Waals surface area contributed by atoms with Crippen LogP contribution in [0.15, 0.2) is 24.4 Å². The minimum Gasteiger partial charge on any atom is -0.493 e. The molecular weight excluding hydrogens is 290 g/mol. The second-order valence-corrected chi connectivity index (χ2v) is 5.85. The van der Waals surface area contributed by atoms with Crippen LogP contribution in [0.3, 0.4) is 0 Å². The molecule has 1 saturated carbocycles. The fourth-order valence-electron chi connectivity index (χ4n) is 2.36. The molecule has 21 heavy (non-hydrogen) atoms. The van der Waals surface area contributed by atoms with Gasteiger partial charge in [0, 0.05) is 17.6 Å². The molecular formula is C16H16ClNO3. The molecule has 3 rings (SSSR count). The van der Waals surface area contributed by atoms with Crippen molar-refractivity contribution in [2.75, 3.05) is 13.7 Å². The van der Waals surface area contributed by atoms with E-state index in [1.165, 1.54) is 0 Å². The van der Waals surface area contributed by atoms with Crippen molar-refractivity contribution in [1.29, 1.82) is 0 Å². The molecule has 5 heteroatoms. The fraction of sp³-hybridized carbons (Fsp3) is 0.375. The van der Waals surface area contributed by atoms with E-state index in [1.54, 1.807) is 32.4 Å². The molecule has 1 aromatic carbocycles. The Balaban J connectivity index is 1.92. The van der Waals surface area contributed by atoms with Crippen molar-refractivity contribution in [3.63, 3.8) is 0 Å². The first-order valence-electron chi connectivity index (χ1n) is 6.82. The lowest BCUT2D eigenvalue weighted by Gasteiger charge is -2.16. The van der Waals surface area contributed by atoms with Gasteiger partial charge >= 0.3 is 0 Å². The summed E-state index contributed by atoms with van der Waals surface area (Å²) in [4.78, 5) is 15.9. The Morgan fingerprint density at radius 1 is 1.38 bits per heavy atom. The van der Waals surface area contributed by atoms with Crippen LogP contribution < -0.4 is 9.47 Å². The molecule has 1 aromatic heterocycles. The Morgan fingerprint density at radius 3 is 2.76 bits per heavy atom. The van der Waals surface area contributed by atoms with Crippen LogP contribution in [-0.4, -0.2) is 24.5 Å². The second kappa shape index (κ2) is 5.19. The topological polar surface area (TPSA) is 48.4 Å². The van der Waals surface area contributed by atoms with Gasteiger partial charge in [-0.3, -0.25) is 9.78 Å². The van der Waals surface area contributed by atoms with Crippen molar-refractivity contribution in [3.8, 4) is 11.5 Å². The van der Waals surface area contributed by atoms with Crippen LogP contribution in [0.25, 0.3) is 10.9 Å². The van der Waals surface area contributed by atoms with Crippen molar-refractivity contribution in [2.24, 2.45) is 5.41 Å². The largest absolute Gasteiger partial charge is 0.493 e. The summed E-state index contributed by atoms with van der Waals surface area (Å²) in [6.07, 6.45) is 3.43. The van der Waals surface area contributed by atoms with Crippen LogP contribution in [-0.2, 0) is 4.79 Å². The molecule has 0 aliphatic heterocycles. The first-order valence-corrected chi connectivity index (χ1v) is 7.20. The SMILES string of the molecule is COc1cc2c(Cl)ccnc2cc1OCC1(C(C)=O)CC1. The number of hydrogen-bond acceptors (Lipinski definition) is 4. The van der Waals surface area contributed by atoms with E-state index < -0.39 is 0 Å². The zero-order chi connectivity index (χ0) is 15.0. The highest BCUT2D eigenvalue weighted by Gasteiger charge is 2.48. The smallest absolute Gasteiger partial charge is 0.163 e. The summed E-state index contributed by atoms with van der Waals surface area (Å²) in [6, 6.07) is 5.35. The second-order valence-electron chi connectivity index (χ2n) is 5.44. The van der Waals surface area contributed by atoms with Gasteiger partial charge in [-0.2, -0.15) is 0 Å². The number of rotatable bonds is 5. The third-order valence-corrected chi connectivity index (χ3v) is 4.41. The Kier molecular flexibility index (Phi) is 3.49. The van der Waals surface area contributed by atoms with E-state index in [0.29, 0.717) is 23.1 Å². The highest BCUT2D eigenvalue weighted by molar-refractivity contribution is 6.35. The number of carbonyl (C=O) groups excluding carboxylic acids is 1. The molecule has 0 saturated heterocycles. The van der Waals surface area contributed by atoms with Gasteiger partial charge in [-0.15, -0.1) is 0 Å².